The van der Waals surface area contributed by atoms with Crippen LogP contribution in [0.3, 0.4) is 0 Å². The Morgan fingerprint density at radius 1 is 1.17 bits per heavy atom. The minimum atomic E-state index is -3.67. The Labute approximate surface area is 204 Å². The Hall–Kier alpha value is -3.30. The number of anilines is 1. The van der Waals surface area contributed by atoms with Crippen LogP contribution in [0.4, 0.5) is 19.1 Å². The van der Waals surface area contributed by atoms with Gasteiger partial charge in [-0.15, -0.1) is 0 Å². The van der Waals surface area contributed by atoms with Gasteiger partial charge in [0, 0.05) is 32.4 Å². The van der Waals surface area contributed by atoms with Crippen molar-refractivity contribution in [2.75, 3.05) is 18.0 Å². The number of carbonyl (C=O) groups is 1. The Morgan fingerprint density at radius 3 is 2.40 bits per heavy atom. The maximum Gasteiger partial charge on any atom is 0.379 e. The van der Waals surface area contributed by atoms with Crippen LogP contribution in [0.5, 0.6) is 0 Å². The lowest BCUT2D eigenvalue weighted by Gasteiger charge is -2.29. The smallest absolute Gasteiger partial charge is 0.379 e. The zero-order chi connectivity index (χ0) is 26.4. The third kappa shape index (κ3) is 8.45. The highest BCUT2D eigenvalue weighted by molar-refractivity contribution is 5.82. The number of carbonyl (C=O) groups excluding carboxylic acids is 1. The average Bonchev–Trinajstić information content (AvgIpc) is 2.88. The number of fused-ring (bicyclic) bond motifs is 1. The molecule has 0 amide bonds. The highest BCUT2D eigenvalue weighted by Crippen LogP contribution is 2.21. The summed E-state index contributed by atoms with van der Waals surface area (Å²) >= 11 is 0. The fourth-order valence-electron chi connectivity index (χ4n) is 3.86. The lowest BCUT2D eigenvalue weighted by Crippen LogP contribution is -2.36. The second-order valence-corrected chi connectivity index (χ2v) is 7.61. The summed E-state index contributed by atoms with van der Waals surface area (Å²) in [7, 11) is 1.83. The molecule has 2 aromatic rings. The van der Waals surface area contributed by atoms with Crippen molar-refractivity contribution in [2.45, 2.75) is 59.3 Å². The Kier molecular flexibility index (Phi) is 13.2. The summed E-state index contributed by atoms with van der Waals surface area (Å²) in [5.74, 6) is 0.787. The summed E-state index contributed by atoms with van der Waals surface area (Å²) in [4.78, 5) is 28.1. The number of nitrogens with one attached hydrogen (secondary N) is 2. The number of nitrogens with zero attached hydrogens (tertiary/aromatic N) is 3. The van der Waals surface area contributed by atoms with Gasteiger partial charge in [0.05, 0.1) is 16.9 Å². The molecule has 1 saturated heterocycles. The number of hydrogen-bond acceptors (Lipinski definition) is 6. The van der Waals surface area contributed by atoms with Gasteiger partial charge in [-0.2, -0.15) is 13.2 Å². The van der Waals surface area contributed by atoms with Gasteiger partial charge in [-0.05, 0) is 56.2 Å². The minimum absolute atomic E-state index is 0.0253. The highest BCUT2D eigenvalue weighted by Gasteiger charge is 2.18. The zero-order valence-electron chi connectivity index (χ0n) is 20.9. The molecule has 0 spiro atoms. The molecule has 0 aliphatic carbocycles. The lowest BCUT2D eigenvalue weighted by molar-refractivity contribution is -0.0980. The third-order valence-electron chi connectivity index (χ3n) is 5.47. The molecule has 1 aromatic heterocycles. The van der Waals surface area contributed by atoms with E-state index >= 15 is 0 Å². The first-order valence-corrected chi connectivity index (χ1v) is 11.7. The van der Waals surface area contributed by atoms with E-state index in [0.717, 1.165) is 48.7 Å². The van der Waals surface area contributed by atoms with Gasteiger partial charge in [-0.1, -0.05) is 26.0 Å². The van der Waals surface area contributed by atoms with Crippen LogP contribution < -0.4 is 21.1 Å². The normalized spacial score (nSPS) is 16.5. The Bertz CT molecular complexity index is 1030. The first-order valence-electron chi connectivity index (χ1n) is 11.7. The molecule has 4 rings (SSSR count). The number of piperidine rings is 1. The van der Waals surface area contributed by atoms with E-state index in [-0.39, 0.29) is 11.6 Å². The van der Waals surface area contributed by atoms with E-state index < -0.39 is 6.68 Å². The molecule has 2 aliphatic rings. The standard InChI is InChI=1S/C21H27N5O.C2H6.CHF3.CH2O/c1-15-18(10-7-11-22-15)23-14-16-8-6-9-17-19(16)24-21(25(2)20(17)27)26-12-4-3-5-13-26;1-2;2-1(3)4;1-2/h6-11,15,22-23H,3-5,12-14H2,1-2H3;1-2H3;1H;1H2. The van der Waals surface area contributed by atoms with Gasteiger partial charge >= 0.3 is 6.68 Å². The molecule has 7 nitrogen and oxygen atoms in total. The molecule has 2 N–H and O–H groups in total. The van der Waals surface area contributed by atoms with Crippen LogP contribution in [0.25, 0.3) is 10.9 Å². The number of hydrogen-bond donors (Lipinski definition) is 2. The van der Waals surface area contributed by atoms with E-state index in [4.69, 9.17) is 9.78 Å². The Balaban J connectivity index is 0.000000684. The van der Waals surface area contributed by atoms with E-state index in [2.05, 4.69) is 34.6 Å². The molecule has 0 saturated carbocycles. The number of benzene rings is 1. The number of aromatic nitrogens is 2. The fraction of sp³-hybridized carbons (Fsp3) is 0.480. The fourth-order valence-corrected chi connectivity index (χ4v) is 3.86. The van der Waals surface area contributed by atoms with Crippen molar-refractivity contribution in [1.29, 1.82) is 0 Å². The lowest BCUT2D eigenvalue weighted by atomic mass is 10.1. The maximum absolute atomic E-state index is 12.9. The average molecular weight is 496 g/mol. The van der Waals surface area contributed by atoms with Crippen molar-refractivity contribution < 1.29 is 18.0 Å². The SMILES string of the molecule is C=O.CC.CC1NC=CC=C1NCc1cccc2c(=O)n(C)c(N3CCCCC3)nc12.FC(F)F. The minimum Gasteiger partial charge on any atom is -0.383 e. The van der Waals surface area contributed by atoms with Gasteiger partial charge in [-0.25, -0.2) is 4.98 Å². The first kappa shape index (κ1) is 29.7. The predicted molar refractivity (Wildman–Crippen MR) is 135 cm³/mol. The number of alkyl halides is 3. The molecule has 1 aromatic carbocycles. The van der Waals surface area contributed by atoms with Crippen molar-refractivity contribution in [1.82, 2.24) is 20.2 Å². The van der Waals surface area contributed by atoms with Gasteiger partial charge in [0.2, 0.25) is 5.95 Å². The molecule has 1 fully saturated rings. The molecule has 1 unspecified atom stereocenters. The zero-order valence-corrected chi connectivity index (χ0v) is 20.9. The highest BCUT2D eigenvalue weighted by atomic mass is 19.4. The van der Waals surface area contributed by atoms with Crippen LogP contribution in [0.2, 0.25) is 0 Å². The van der Waals surface area contributed by atoms with Crippen LogP contribution in [0.1, 0.15) is 45.6 Å². The molecule has 10 heteroatoms. The van der Waals surface area contributed by atoms with E-state index in [1.165, 1.54) is 6.42 Å². The quantitative estimate of drug-likeness (QED) is 0.654. The third-order valence-corrected chi connectivity index (χ3v) is 5.47. The summed E-state index contributed by atoms with van der Waals surface area (Å²) in [6.45, 7) is 7.03. The summed E-state index contributed by atoms with van der Waals surface area (Å²) in [6.07, 6.45) is 9.59. The second kappa shape index (κ2) is 15.6. The molecule has 2 aliphatic heterocycles. The second-order valence-electron chi connectivity index (χ2n) is 7.61. The predicted octanol–water partition coefficient (Wildman–Crippen LogP) is 4.42. The molecular weight excluding hydrogens is 459 g/mol. The molecule has 3 heterocycles. The largest absolute Gasteiger partial charge is 0.383 e. The van der Waals surface area contributed by atoms with E-state index in [1.807, 2.05) is 52.1 Å². The van der Waals surface area contributed by atoms with Gasteiger partial charge < -0.3 is 20.3 Å². The number of halogens is 3. The summed E-state index contributed by atoms with van der Waals surface area (Å²) < 4.78 is 30.7. The summed E-state index contributed by atoms with van der Waals surface area (Å²) in [6, 6.07) is 6.12. The molecule has 194 valence electrons. The molecule has 35 heavy (non-hydrogen) atoms. The molecule has 0 bridgehead atoms. The number of para-hydroxylation sites is 1. The number of dihydropyridines is 1. The van der Waals surface area contributed by atoms with Crippen LogP contribution in [-0.4, -0.2) is 42.2 Å². The molecule has 1 atom stereocenters. The van der Waals surface area contributed by atoms with Crippen LogP contribution in [0, 0.1) is 0 Å². The molecular formula is C25H36F3N5O2. The van der Waals surface area contributed by atoms with Gasteiger partial charge in [-0.3, -0.25) is 9.36 Å². The van der Waals surface area contributed by atoms with E-state index in [9.17, 15) is 18.0 Å². The summed E-state index contributed by atoms with van der Waals surface area (Å²) in [5, 5.41) is 7.47. The van der Waals surface area contributed by atoms with Gasteiger partial charge in [0.15, 0.2) is 0 Å². The van der Waals surface area contributed by atoms with Crippen LogP contribution in [-0.2, 0) is 18.4 Å². The van der Waals surface area contributed by atoms with Crippen LogP contribution >= 0.6 is 0 Å². The number of rotatable bonds is 4. The van der Waals surface area contributed by atoms with Crippen molar-refractivity contribution >= 4 is 23.6 Å². The van der Waals surface area contributed by atoms with Crippen molar-refractivity contribution in [3.8, 4) is 0 Å². The maximum atomic E-state index is 12.9. The summed E-state index contributed by atoms with van der Waals surface area (Å²) in [5.41, 5.74) is 3.01. The van der Waals surface area contributed by atoms with Crippen LogP contribution in [0.15, 0.2) is 47.0 Å². The molecule has 0 radical (unpaired) electrons. The van der Waals surface area contributed by atoms with Gasteiger partial charge in [0.1, 0.15) is 6.79 Å². The monoisotopic (exact) mass is 495 g/mol. The van der Waals surface area contributed by atoms with Crippen molar-refractivity contribution in [3.05, 3.63) is 58.2 Å². The van der Waals surface area contributed by atoms with E-state index in [0.29, 0.717) is 11.9 Å². The topological polar surface area (TPSA) is 79.3 Å². The Morgan fingerprint density at radius 2 is 1.80 bits per heavy atom. The first-order chi connectivity index (χ1) is 16.9. The van der Waals surface area contributed by atoms with Crippen molar-refractivity contribution in [3.63, 3.8) is 0 Å². The number of allylic oxidation sites excluding steroid dienone is 2. The van der Waals surface area contributed by atoms with Crippen molar-refractivity contribution in [2.24, 2.45) is 7.05 Å². The van der Waals surface area contributed by atoms with E-state index in [1.54, 1.807) is 4.57 Å². The van der Waals surface area contributed by atoms with Gasteiger partial charge in [0.25, 0.3) is 5.56 Å².